The van der Waals surface area contributed by atoms with Crippen molar-refractivity contribution in [2.75, 3.05) is 11.9 Å². The number of thioether (sulfide) groups is 1. The molecule has 3 rings (SSSR count). The van der Waals surface area contributed by atoms with E-state index < -0.39 is 0 Å². The fourth-order valence-electron chi connectivity index (χ4n) is 2.21. The maximum Gasteiger partial charge on any atom is 0.261 e. The Bertz CT molecular complexity index is 757. The number of nitrogens with one attached hydrogen (secondary N) is 2. The van der Waals surface area contributed by atoms with Crippen LogP contribution < -0.4 is 10.6 Å². The van der Waals surface area contributed by atoms with Gasteiger partial charge in [-0.1, -0.05) is 22.9 Å². The van der Waals surface area contributed by atoms with Gasteiger partial charge in [0.25, 0.3) is 5.91 Å². The molecule has 2 N–H and O–H groups in total. The molecule has 1 fully saturated rings. The molecule has 0 bridgehead atoms. The van der Waals surface area contributed by atoms with Gasteiger partial charge in [-0.05, 0) is 49.2 Å². The van der Waals surface area contributed by atoms with E-state index in [0.29, 0.717) is 11.4 Å². The second-order valence-corrected chi connectivity index (χ2v) is 9.53. The first-order chi connectivity index (χ1) is 12.0. The van der Waals surface area contributed by atoms with Gasteiger partial charge in [0.05, 0.1) is 9.88 Å². The van der Waals surface area contributed by atoms with Gasteiger partial charge in [0.2, 0.25) is 5.91 Å². The molecule has 1 atom stereocenters. The highest BCUT2D eigenvalue weighted by molar-refractivity contribution is 9.10. The summed E-state index contributed by atoms with van der Waals surface area (Å²) in [6.45, 7) is 2.67. The van der Waals surface area contributed by atoms with E-state index in [1.54, 1.807) is 23.9 Å². The molecule has 7 heteroatoms. The Hall–Kier alpha value is -1.31. The van der Waals surface area contributed by atoms with Crippen molar-refractivity contribution in [3.05, 3.63) is 45.7 Å². The number of benzene rings is 1. The Morgan fingerprint density at radius 1 is 1.24 bits per heavy atom. The van der Waals surface area contributed by atoms with Gasteiger partial charge in [0.15, 0.2) is 0 Å². The molecule has 0 aliphatic heterocycles. The van der Waals surface area contributed by atoms with Crippen LogP contribution in [0.1, 0.15) is 29.4 Å². The molecule has 1 unspecified atom stereocenters. The lowest BCUT2D eigenvalue weighted by Crippen LogP contribution is -2.28. The summed E-state index contributed by atoms with van der Waals surface area (Å²) in [5.74, 6) is 0.129. The zero-order valence-corrected chi connectivity index (χ0v) is 17.0. The van der Waals surface area contributed by atoms with Crippen LogP contribution in [-0.2, 0) is 4.79 Å². The molecule has 1 saturated carbocycles. The minimum Gasteiger partial charge on any atom is -0.350 e. The molecule has 0 spiro atoms. The molecule has 1 aliphatic rings. The third-order valence-corrected chi connectivity index (χ3v) is 6.37. The van der Waals surface area contributed by atoms with Crippen LogP contribution in [0.15, 0.2) is 45.8 Å². The average molecular weight is 439 g/mol. The predicted octanol–water partition coefficient (Wildman–Crippen LogP) is 4.77. The van der Waals surface area contributed by atoms with Gasteiger partial charge in [-0.15, -0.1) is 23.1 Å². The normalized spacial score (nSPS) is 14.8. The summed E-state index contributed by atoms with van der Waals surface area (Å²) >= 11 is 6.46. The maximum absolute atomic E-state index is 12.3. The highest BCUT2D eigenvalue weighted by Gasteiger charge is 2.29. The molecule has 1 heterocycles. The minimum atomic E-state index is -0.0971. The summed E-state index contributed by atoms with van der Waals surface area (Å²) in [5.41, 5.74) is 0. The van der Waals surface area contributed by atoms with Crippen molar-refractivity contribution in [2.45, 2.75) is 29.9 Å². The van der Waals surface area contributed by atoms with E-state index in [2.05, 4.69) is 45.6 Å². The van der Waals surface area contributed by atoms with Crippen LogP contribution >= 0.6 is 39.0 Å². The van der Waals surface area contributed by atoms with E-state index in [1.807, 2.05) is 12.1 Å². The second-order valence-electron chi connectivity index (χ2n) is 6.02. The molecule has 0 radical (unpaired) electrons. The van der Waals surface area contributed by atoms with Crippen molar-refractivity contribution < 1.29 is 9.59 Å². The average Bonchev–Trinajstić information content (AvgIpc) is 3.35. The number of rotatable bonds is 7. The number of carbonyl (C=O) groups is 2. The number of amides is 2. The lowest BCUT2D eigenvalue weighted by molar-refractivity contribution is -0.117. The third kappa shape index (κ3) is 5.59. The summed E-state index contributed by atoms with van der Waals surface area (Å²) in [7, 11) is 0. The second kappa shape index (κ2) is 8.38. The first-order valence-corrected chi connectivity index (χ1v) is 10.6. The fraction of sp³-hybridized carbons (Fsp3) is 0.333. The molecule has 2 aromatic rings. The molecule has 4 nitrogen and oxygen atoms in total. The van der Waals surface area contributed by atoms with Crippen LogP contribution in [0.4, 0.5) is 5.00 Å². The van der Waals surface area contributed by atoms with Gasteiger partial charge in [-0.25, -0.2) is 0 Å². The van der Waals surface area contributed by atoms with Gasteiger partial charge in [0.1, 0.15) is 0 Å². The summed E-state index contributed by atoms with van der Waals surface area (Å²) in [6.07, 6.45) is 1.94. The lowest BCUT2D eigenvalue weighted by Gasteiger charge is -2.12. The number of halogens is 1. The number of hydrogen-bond donors (Lipinski definition) is 2. The number of carbonyl (C=O) groups excluding carboxylic acids is 2. The SMILES string of the molecule is CC(CNC(=O)c1ccc(NC(=O)C2CC2)s1)Sc1ccc(Br)cc1. The lowest BCUT2D eigenvalue weighted by atomic mass is 10.4. The molecule has 25 heavy (non-hydrogen) atoms. The van der Waals surface area contributed by atoms with Gasteiger partial charge in [-0.2, -0.15) is 0 Å². The van der Waals surface area contributed by atoms with Crippen molar-refractivity contribution >= 4 is 55.8 Å². The van der Waals surface area contributed by atoms with E-state index in [0.717, 1.165) is 22.3 Å². The molecule has 1 aromatic carbocycles. The third-order valence-electron chi connectivity index (χ3n) is 3.73. The molecular weight excluding hydrogens is 420 g/mol. The highest BCUT2D eigenvalue weighted by atomic mass is 79.9. The largest absolute Gasteiger partial charge is 0.350 e. The van der Waals surface area contributed by atoms with E-state index in [9.17, 15) is 9.59 Å². The zero-order chi connectivity index (χ0) is 17.8. The summed E-state index contributed by atoms with van der Waals surface area (Å²) in [6, 6.07) is 11.7. The first kappa shape index (κ1) is 18.5. The summed E-state index contributed by atoms with van der Waals surface area (Å²) in [4.78, 5) is 25.8. The smallest absolute Gasteiger partial charge is 0.261 e. The quantitative estimate of drug-likeness (QED) is 0.611. The summed E-state index contributed by atoms with van der Waals surface area (Å²) < 4.78 is 1.06. The van der Waals surface area contributed by atoms with Crippen LogP contribution in [0.5, 0.6) is 0 Å². The van der Waals surface area contributed by atoms with Crippen molar-refractivity contribution in [1.82, 2.24) is 5.32 Å². The Labute approximate surface area is 163 Å². The van der Waals surface area contributed by atoms with E-state index in [4.69, 9.17) is 0 Å². The van der Waals surface area contributed by atoms with Crippen molar-refractivity contribution in [2.24, 2.45) is 5.92 Å². The van der Waals surface area contributed by atoms with Gasteiger partial charge in [-0.3, -0.25) is 9.59 Å². The Balaban J connectivity index is 1.46. The number of hydrogen-bond acceptors (Lipinski definition) is 4. The van der Waals surface area contributed by atoms with Crippen molar-refractivity contribution in [1.29, 1.82) is 0 Å². The van der Waals surface area contributed by atoms with E-state index in [-0.39, 0.29) is 23.0 Å². The predicted molar refractivity (Wildman–Crippen MR) is 107 cm³/mol. The van der Waals surface area contributed by atoms with Crippen molar-refractivity contribution in [3.8, 4) is 0 Å². The van der Waals surface area contributed by atoms with E-state index >= 15 is 0 Å². The number of thiophene rings is 1. The van der Waals surface area contributed by atoms with Gasteiger partial charge < -0.3 is 10.6 Å². The molecule has 1 aromatic heterocycles. The van der Waals surface area contributed by atoms with Crippen molar-refractivity contribution in [3.63, 3.8) is 0 Å². The van der Waals surface area contributed by atoms with Crippen LogP contribution in [0, 0.1) is 5.92 Å². The summed E-state index contributed by atoms with van der Waals surface area (Å²) in [5, 5.41) is 6.83. The van der Waals surface area contributed by atoms with Crippen LogP contribution in [0.3, 0.4) is 0 Å². The topological polar surface area (TPSA) is 58.2 Å². The first-order valence-electron chi connectivity index (χ1n) is 8.12. The fourth-order valence-corrected chi connectivity index (χ4v) is 4.22. The molecule has 1 aliphatic carbocycles. The molecule has 2 amide bonds. The number of anilines is 1. The Kier molecular flexibility index (Phi) is 6.19. The van der Waals surface area contributed by atoms with Gasteiger partial charge >= 0.3 is 0 Å². The molecule has 0 saturated heterocycles. The highest BCUT2D eigenvalue weighted by Crippen LogP contribution is 2.31. The van der Waals surface area contributed by atoms with Crippen LogP contribution in [-0.4, -0.2) is 23.6 Å². The standard InChI is InChI=1S/C18H19BrN2O2S2/c1-11(24-14-6-4-13(19)5-7-14)10-20-18(23)15-8-9-16(25-15)21-17(22)12-2-3-12/h4-9,11-12H,2-3,10H2,1H3,(H,20,23)(H,21,22). The van der Waals surface area contributed by atoms with Gasteiger partial charge in [0, 0.05) is 27.1 Å². The maximum atomic E-state index is 12.3. The molecule has 132 valence electrons. The Morgan fingerprint density at radius 3 is 2.64 bits per heavy atom. The Morgan fingerprint density at radius 2 is 1.96 bits per heavy atom. The molecular formula is C18H19BrN2O2S2. The monoisotopic (exact) mass is 438 g/mol. The van der Waals surface area contributed by atoms with Crippen LogP contribution in [0.25, 0.3) is 0 Å². The minimum absolute atomic E-state index is 0.0633. The zero-order valence-electron chi connectivity index (χ0n) is 13.8. The van der Waals surface area contributed by atoms with Crippen LogP contribution in [0.2, 0.25) is 0 Å². The van der Waals surface area contributed by atoms with E-state index in [1.165, 1.54) is 16.2 Å².